The summed E-state index contributed by atoms with van der Waals surface area (Å²) in [4.78, 5) is 23.4. The number of hydrogen-bond donors (Lipinski definition) is 1. The molecule has 17 heavy (non-hydrogen) atoms. The molecule has 0 aliphatic heterocycles. The highest BCUT2D eigenvalue weighted by Crippen LogP contribution is 2.30. The van der Waals surface area contributed by atoms with Crippen molar-refractivity contribution >= 4 is 17.4 Å². The highest BCUT2D eigenvalue weighted by atomic mass is 16.1. The molecule has 0 bridgehead atoms. The molecule has 0 atom stereocenters. The largest absolute Gasteiger partial charge is 0.326 e. The standard InChI is InChI=1S/C14H17NO2/c1-10(16)15-13-9-5-4-8-12(13)14(17)11-6-2-3-7-11/h4-5,8-9,11H,2-3,6-7H2,1H3,(H,15,16). The first kappa shape index (κ1) is 11.8. The second-order valence-corrected chi connectivity index (χ2v) is 4.57. The molecule has 0 radical (unpaired) electrons. The van der Waals surface area contributed by atoms with E-state index in [0.717, 1.165) is 25.7 Å². The lowest BCUT2D eigenvalue weighted by Gasteiger charge is -2.12. The number of Topliss-reactive ketones (excluding diaryl/α,β-unsaturated/α-hetero) is 1. The van der Waals surface area contributed by atoms with Crippen LogP contribution in [0.25, 0.3) is 0 Å². The molecule has 1 saturated carbocycles. The maximum absolute atomic E-state index is 12.3. The van der Waals surface area contributed by atoms with Crippen LogP contribution in [-0.2, 0) is 4.79 Å². The van der Waals surface area contributed by atoms with Crippen LogP contribution in [0, 0.1) is 5.92 Å². The molecule has 0 aromatic heterocycles. The van der Waals surface area contributed by atoms with Gasteiger partial charge in [0.05, 0.1) is 5.69 Å². The minimum atomic E-state index is -0.142. The van der Waals surface area contributed by atoms with Gasteiger partial charge < -0.3 is 5.32 Å². The molecule has 90 valence electrons. The summed E-state index contributed by atoms with van der Waals surface area (Å²) in [6.07, 6.45) is 4.23. The van der Waals surface area contributed by atoms with Gasteiger partial charge in [0, 0.05) is 18.4 Å². The molecule has 1 aliphatic rings. The predicted octanol–water partition coefficient (Wildman–Crippen LogP) is 3.02. The summed E-state index contributed by atoms with van der Waals surface area (Å²) in [5, 5.41) is 2.72. The number of benzene rings is 1. The van der Waals surface area contributed by atoms with Gasteiger partial charge in [-0.05, 0) is 25.0 Å². The van der Waals surface area contributed by atoms with Crippen molar-refractivity contribution in [2.24, 2.45) is 5.92 Å². The molecular formula is C14H17NO2. The summed E-state index contributed by atoms with van der Waals surface area (Å²) in [5.41, 5.74) is 1.28. The van der Waals surface area contributed by atoms with E-state index < -0.39 is 0 Å². The lowest BCUT2D eigenvalue weighted by Crippen LogP contribution is -2.15. The van der Waals surface area contributed by atoms with Crippen LogP contribution in [0.15, 0.2) is 24.3 Å². The zero-order chi connectivity index (χ0) is 12.3. The number of ketones is 1. The normalized spacial score (nSPS) is 15.8. The summed E-state index contributed by atoms with van der Waals surface area (Å²) >= 11 is 0. The van der Waals surface area contributed by atoms with Crippen molar-refractivity contribution in [1.29, 1.82) is 0 Å². The van der Waals surface area contributed by atoms with Crippen LogP contribution in [0.5, 0.6) is 0 Å². The summed E-state index contributed by atoms with van der Waals surface area (Å²) in [7, 11) is 0. The number of rotatable bonds is 3. The van der Waals surface area contributed by atoms with Crippen molar-refractivity contribution < 1.29 is 9.59 Å². The summed E-state index contributed by atoms with van der Waals surface area (Å²) < 4.78 is 0. The molecule has 3 nitrogen and oxygen atoms in total. The monoisotopic (exact) mass is 231 g/mol. The van der Waals surface area contributed by atoms with Gasteiger partial charge in [-0.2, -0.15) is 0 Å². The van der Waals surface area contributed by atoms with Crippen LogP contribution >= 0.6 is 0 Å². The van der Waals surface area contributed by atoms with Gasteiger partial charge in [-0.3, -0.25) is 9.59 Å². The number of carbonyl (C=O) groups excluding carboxylic acids is 2. The average Bonchev–Trinajstić information content (AvgIpc) is 2.81. The van der Waals surface area contributed by atoms with Gasteiger partial charge in [-0.15, -0.1) is 0 Å². The number of para-hydroxylation sites is 1. The molecule has 1 aromatic carbocycles. The highest BCUT2D eigenvalue weighted by molar-refractivity contribution is 6.05. The van der Waals surface area contributed by atoms with E-state index in [-0.39, 0.29) is 17.6 Å². The Morgan fingerprint density at radius 2 is 1.82 bits per heavy atom. The number of carbonyl (C=O) groups is 2. The minimum absolute atomic E-state index is 0.142. The van der Waals surface area contributed by atoms with Gasteiger partial charge in [0.15, 0.2) is 5.78 Å². The summed E-state index contributed by atoms with van der Waals surface area (Å²) in [5.74, 6) is 0.174. The molecule has 1 aliphatic carbocycles. The van der Waals surface area contributed by atoms with Crippen LogP contribution in [0.4, 0.5) is 5.69 Å². The van der Waals surface area contributed by atoms with Gasteiger partial charge in [-0.25, -0.2) is 0 Å². The molecule has 0 heterocycles. The second kappa shape index (κ2) is 5.13. The van der Waals surface area contributed by atoms with Gasteiger partial charge in [0.1, 0.15) is 0 Å². The topological polar surface area (TPSA) is 46.2 Å². The fourth-order valence-corrected chi connectivity index (χ4v) is 2.40. The van der Waals surface area contributed by atoms with Gasteiger partial charge in [0.25, 0.3) is 0 Å². The first-order valence-corrected chi connectivity index (χ1v) is 6.09. The molecule has 1 amide bonds. The SMILES string of the molecule is CC(=O)Nc1ccccc1C(=O)C1CCCC1. The first-order valence-electron chi connectivity index (χ1n) is 6.09. The summed E-state index contributed by atoms with van der Waals surface area (Å²) in [6, 6.07) is 7.25. The lowest BCUT2D eigenvalue weighted by atomic mass is 9.95. The number of hydrogen-bond acceptors (Lipinski definition) is 2. The van der Waals surface area contributed by atoms with E-state index in [2.05, 4.69) is 5.32 Å². The Kier molecular flexibility index (Phi) is 3.57. The van der Waals surface area contributed by atoms with Gasteiger partial charge >= 0.3 is 0 Å². The minimum Gasteiger partial charge on any atom is -0.326 e. The van der Waals surface area contributed by atoms with E-state index in [1.807, 2.05) is 12.1 Å². The average molecular weight is 231 g/mol. The van der Waals surface area contributed by atoms with Gasteiger partial charge in [-0.1, -0.05) is 25.0 Å². The Balaban J connectivity index is 2.24. The van der Waals surface area contributed by atoms with E-state index in [0.29, 0.717) is 11.3 Å². The third-order valence-electron chi connectivity index (χ3n) is 3.23. The van der Waals surface area contributed by atoms with Gasteiger partial charge in [0.2, 0.25) is 5.91 Å². The smallest absolute Gasteiger partial charge is 0.221 e. The number of nitrogens with one attached hydrogen (secondary N) is 1. The third kappa shape index (κ3) is 2.73. The lowest BCUT2D eigenvalue weighted by molar-refractivity contribution is -0.114. The van der Waals surface area contributed by atoms with E-state index in [1.165, 1.54) is 6.92 Å². The maximum atomic E-state index is 12.3. The Hall–Kier alpha value is -1.64. The van der Waals surface area contributed by atoms with Crippen molar-refractivity contribution in [3.05, 3.63) is 29.8 Å². The van der Waals surface area contributed by atoms with Crippen LogP contribution in [-0.4, -0.2) is 11.7 Å². The Morgan fingerprint density at radius 1 is 1.18 bits per heavy atom. The molecule has 1 aromatic rings. The molecule has 0 unspecified atom stereocenters. The second-order valence-electron chi connectivity index (χ2n) is 4.57. The van der Waals surface area contributed by atoms with Crippen LogP contribution in [0.3, 0.4) is 0 Å². The van der Waals surface area contributed by atoms with Crippen LogP contribution in [0.2, 0.25) is 0 Å². The van der Waals surface area contributed by atoms with Crippen molar-refractivity contribution in [1.82, 2.24) is 0 Å². The molecule has 1 N–H and O–H groups in total. The van der Waals surface area contributed by atoms with Crippen molar-refractivity contribution in [3.63, 3.8) is 0 Å². The zero-order valence-electron chi connectivity index (χ0n) is 10.0. The van der Waals surface area contributed by atoms with E-state index in [4.69, 9.17) is 0 Å². The number of amides is 1. The molecule has 0 spiro atoms. The molecule has 2 rings (SSSR count). The Morgan fingerprint density at radius 3 is 2.47 bits per heavy atom. The van der Waals surface area contributed by atoms with E-state index in [9.17, 15) is 9.59 Å². The third-order valence-corrected chi connectivity index (χ3v) is 3.23. The molecule has 3 heteroatoms. The fraction of sp³-hybridized carbons (Fsp3) is 0.429. The van der Waals surface area contributed by atoms with Crippen molar-refractivity contribution in [2.45, 2.75) is 32.6 Å². The molecule has 0 saturated heterocycles. The highest BCUT2D eigenvalue weighted by Gasteiger charge is 2.25. The fourth-order valence-electron chi connectivity index (χ4n) is 2.40. The summed E-state index contributed by atoms with van der Waals surface area (Å²) in [6.45, 7) is 1.46. The maximum Gasteiger partial charge on any atom is 0.221 e. The quantitative estimate of drug-likeness (QED) is 0.813. The molecule has 1 fully saturated rings. The van der Waals surface area contributed by atoms with Crippen molar-refractivity contribution in [2.75, 3.05) is 5.32 Å². The van der Waals surface area contributed by atoms with Crippen LogP contribution in [0.1, 0.15) is 43.0 Å². The van der Waals surface area contributed by atoms with E-state index in [1.54, 1.807) is 12.1 Å². The van der Waals surface area contributed by atoms with Crippen molar-refractivity contribution in [3.8, 4) is 0 Å². The Bertz CT molecular complexity index is 434. The van der Waals surface area contributed by atoms with E-state index >= 15 is 0 Å². The first-order chi connectivity index (χ1) is 8.18. The zero-order valence-corrected chi connectivity index (χ0v) is 10.0. The number of anilines is 1. The predicted molar refractivity (Wildman–Crippen MR) is 67.0 cm³/mol. The Labute approximate surface area is 101 Å². The van der Waals surface area contributed by atoms with Crippen LogP contribution < -0.4 is 5.32 Å². The molecular weight excluding hydrogens is 214 g/mol.